The number of Topliss-reactive ketones (excluding diaryl/α,β-unsaturated/α-hetero) is 1. The van der Waals surface area contributed by atoms with Crippen LogP contribution in [0.2, 0.25) is 18.1 Å². The molecule has 2 rings (SSSR count). The summed E-state index contributed by atoms with van der Waals surface area (Å²) >= 11 is 0. The van der Waals surface area contributed by atoms with Crippen molar-refractivity contribution in [3.8, 4) is 0 Å². The van der Waals surface area contributed by atoms with Crippen molar-refractivity contribution in [2.45, 2.75) is 90.5 Å². The van der Waals surface area contributed by atoms with Crippen LogP contribution in [-0.2, 0) is 9.22 Å². The Labute approximate surface area is 131 Å². The highest BCUT2D eigenvalue weighted by Gasteiger charge is 2.43. The Hall–Kier alpha value is -0.413. The molecule has 2 aliphatic rings. The molecule has 1 saturated carbocycles. The molecule has 2 atom stereocenters. The van der Waals surface area contributed by atoms with E-state index in [-0.39, 0.29) is 17.1 Å². The van der Waals surface area contributed by atoms with E-state index >= 15 is 0 Å². The minimum absolute atomic E-state index is 0.163. The second-order valence-corrected chi connectivity index (χ2v) is 13.2. The molecular weight excluding hydrogens is 276 g/mol. The fraction of sp³-hybridized carbons (Fsp3) is 0.833. The van der Waals surface area contributed by atoms with Gasteiger partial charge in [-0.3, -0.25) is 4.79 Å². The minimum Gasteiger partial charge on any atom is -0.410 e. The topological polar surface area (TPSA) is 26.3 Å². The van der Waals surface area contributed by atoms with E-state index in [1.807, 2.05) is 0 Å². The predicted octanol–water partition coefficient (Wildman–Crippen LogP) is 5.25. The molecule has 0 amide bonds. The molecule has 0 radical (unpaired) electrons. The Balaban J connectivity index is 2.29. The quantitative estimate of drug-likeness (QED) is 0.514. The lowest BCUT2D eigenvalue weighted by Crippen LogP contribution is -2.46. The zero-order valence-electron chi connectivity index (χ0n) is 14.7. The minimum atomic E-state index is -1.78. The maximum absolute atomic E-state index is 12.4. The summed E-state index contributed by atoms with van der Waals surface area (Å²) in [7, 11) is -1.78. The highest BCUT2D eigenvalue weighted by atomic mass is 28.4. The number of hydrogen-bond donors (Lipinski definition) is 0. The molecule has 0 bridgehead atoms. The first-order valence-corrected chi connectivity index (χ1v) is 11.4. The first-order chi connectivity index (χ1) is 9.63. The largest absolute Gasteiger partial charge is 0.410 e. The molecule has 3 heteroatoms. The van der Waals surface area contributed by atoms with Gasteiger partial charge in [-0.1, -0.05) is 26.3 Å². The van der Waals surface area contributed by atoms with Gasteiger partial charge in [-0.15, -0.1) is 0 Å². The van der Waals surface area contributed by atoms with Gasteiger partial charge in [0.1, 0.15) is 5.78 Å². The van der Waals surface area contributed by atoms with Gasteiger partial charge in [-0.05, 0) is 62.7 Å². The highest BCUT2D eigenvalue weighted by molar-refractivity contribution is 6.74. The molecular formula is C18H32O2Si. The summed E-state index contributed by atoms with van der Waals surface area (Å²) in [6.07, 6.45) is 6.34. The number of hydrogen-bond acceptors (Lipinski definition) is 2. The van der Waals surface area contributed by atoms with E-state index < -0.39 is 8.32 Å². The van der Waals surface area contributed by atoms with E-state index in [4.69, 9.17) is 4.43 Å². The molecule has 21 heavy (non-hydrogen) atoms. The van der Waals surface area contributed by atoms with Crippen molar-refractivity contribution in [3.05, 3.63) is 11.1 Å². The Bertz CT molecular complexity index is 443. The molecule has 0 saturated heterocycles. The zero-order chi connectivity index (χ0) is 15.8. The van der Waals surface area contributed by atoms with Crippen LogP contribution in [0.15, 0.2) is 11.1 Å². The number of allylic oxidation sites excluding steroid dienone is 1. The van der Waals surface area contributed by atoms with Gasteiger partial charge in [0.2, 0.25) is 0 Å². The summed E-state index contributed by atoms with van der Waals surface area (Å²) in [6, 6.07) is 0. The third-order valence-electron chi connectivity index (χ3n) is 5.78. The second kappa shape index (κ2) is 6.00. The van der Waals surface area contributed by atoms with Crippen molar-refractivity contribution >= 4 is 14.1 Å². The Morgan fingerprint density at radius 1 is 1.10 bits per heavy atom. The number of fused-ring (bicyclic) bond motifs is 1. The Kier molecular flexibility index (Phi) is 4.84. The SMILES string of the molecule is CC1=C2C(O[Si](C)(C)C(C)(C)C)CCCC2C(=O)CCC1. The van der Waals surface area contributed by atoms with Gasteiger partial charge in [0, 0.05) is 12.3 Å². The predicted molar refractivity (Wildman–Crippen MR) is 91.0 cm³/mol. The number of rotatable bonds is 2. The van der Waals surface area contributed by atoms with Crippen LogP contribution in [0.3, 0.4) is 0 Å². The molecule has 0 aromatic heterocycles. The van der Waals surface area contributed by atoms with Crippen LogP contribution in [0.1, 0.15) is 66.2 Å². The zero-order valence-corrected chi connectivity index (χ0v) is 15.7. The molecule has 0 aromatic rings. The summed E-state index contributed by atoms with van der Waals surface area (Å²) < 4.78 is 6.72. The third kappa shape index (κ3) is 3.50. The van der Waals surface area contributed by atoms with Crippen LogP contribution >= 0.6 is 0 Å². The molecule has 0 spiro atoms. The standard InChI is InChI=1S/C18H32O2Si/c1-13-9-7-11-15(19)14-10-8-12-16(17(13)14)20-21(5,6)18(2,3)4/h14,16H,7-12H2,1-6H3. The third-order valence-corrected chi connectivity index (χ3v) is 10.3. The van der Waals surface area contributed by atoms with E-state index in [2.05, 4.69) is 40.8 Å². The lowest BCUT2D eigenvalue weighted by atomic mass is 9.78. The summed E-state index contributed by atoms with van der Waals surface area (Å²) in [5, 5.41) is 0.225. The highest BCUT2D eigenvalue weighted by Crippen LogP contribution is 2.43. The van der Waals surface area contributed by atoms with Crippen molar-refractivity contribution in [2.75, 3.05) is 0 Å². The normalized spacial score (nSPS) is 28.4. The van der Waals surface area contributed by atoms with Crippen molar-refractivity contribution in [1.82, 2.24) is 0 Å². The monoisotopic (exact) mass is 308 g/mol. The van der Waals surface area contributed by atoms with E-state index in [9.17, 15) is 4.79 Å². The van der Waals surface area contributed by atoms with E-state index in [0.29, 0.717) is 5.78 Å². The number of carbonyl (C=O) groups is 1. The van der Waals surface area contributed by atoms with E-state index in [1.54, 1.807) is 0 Å². The first-order valence-electron chi connectivity index (χ1n) is 8.53. The Morgan fingerprint density at radius 2 is 1.76 bits per heavy atom. The summed E-state index contributed by atoms with van der Waals surface area (Å²) in [5.41, 5.74) is 2.81. The van der Waals surface area contributed by atoms with Crippen LogP contribution < -0.4 is 0 Å². The molecule has 2 aliphatic carbocycles. The van der Waals surface area contributed by atoms with E-state index in [1.165, 1.54) is 11.1 Å². The summed E-state index contributed by atoms with van der Waals surface area (Å²) in [5.74, 6) is 0.626. The van der Waals surface area contributed by atoms with Crippen molar-refractivity contribution < 1.29 is 9.22 Å². The Morgan fingerprint density at radius 3 is 2.38 bits per heavy atom. The average molecular weight is 309 g/mol. The van der Waals surface area contributed by atoms with Gasteiger partial charge in [0.25, 0.3) is 0 Å². The van der Waals surface area contributed by atoms with Gasteiger partial charge < -0.3 is 4.43 Å². The van der Waals surface area contributed by atoms with Gasteiger partial charge in [0.05, 0.1) is 6.10 Å². The lowest BCUT2D eigenvalue weighted by molar-refractivity contribution is -0.122. The van der Waals surface area contributed by atoms with E-state index in [0.717, 1.165) is 38.5 Å². The van der Waals surface area contributed by atoms with Crippen molar-refractivity contribution in [2.24, 2.45) is 5.92 Å². The van der Waals surface area contributed by atoms with Crippen LogP contribution in [0, 0.1) is 5.92 Å². The molecule has 2 unspecified atom stereocenters. The fourth-order valence-electron chi connectivity index (χ4n) is 3.45. The molecule has 1 fully saturated rings. The van der Waals surface area contributed by atoms with Crippen molar-refractivity contribution in [3.63, 3.8) is 0 Å². The average Bonchev–Trinajstić information content (AvgIpc) is 2.49. The molecule has 0 aromatic carbocycles. The maximum atomic E-state index is 12.4. The summed E-state index contributed by atoms with van der Waals surface area (Å²) in [6.45, 7) is 13.8. The molecule has 0 aliphatic heterocycles. The molecule has 0 heterocycles. The first kappa shape index (κ1) is 16.9. The molecule has 120 valence electrons. The van der Waals surface area contributed by atoms with Gasteiger partial charge in [0.15, 0.2) is 8.32 Å². The van der Waals surface area contributed by atoms with Crippen molar-refractivity contribution in [1.29, 1.82) is 0 Å². The fourth-order valence-corrected chi connectivity index (χ4v) is 4.76. The van der Waals surface area contributed by atoms with Gasteiger partial charge >= 0.3 is 0 Å². The van der Waals surface area contributed by atoms with Crippen LogP contribution in [0.5, 0.6) is 0 Å². The number of carbonyl (C=O) groups excluding carboxylic acids is 1. The van der Waals surface area contributed by atoms with Crippen LogP contribution in [0.4, 0.5) is 0 Å². The second-order valence-electron chi connectivity index (χ2n) is 8.41. The molecule has 2 nitrogen and oxygen atoms in total. The summed E-state index contributed by atoms with van der Waals surface area (Å²) in [4.78, 5) is 12.4. The number of ketones is 1. The van der Waals surface area contributed by atoms with Crippen LogP contribution in [-0.4, -0.2) is 20.2 Å². The van der Waals surface area contributed by atoms with Gasteiger partial charge in [-0.2, -0.15) is 0 Å². The maximum Gasteiger partial charge on any atom is 0.192 e. The lowest BCUT2D eigenvalue weighted by Gasteiger charge is -2.43. The molecule has 0 N–H and O–H groups in total. The van der Waals surface area contributed by atoms with Crippen LogP contribution in [0.25, 0.3) is 0 Å². The van der Waals surface area contributed by atoms with Gasteiger partial charge in [-0.25, -0.2) is 0 Å². The smallest absolute Gasteiger partial charge is 0.192 e.